The fraction of sp³-hybridized carbons (Fsp3) is 0.118. The summed E-state index contributed by atoms with van der Waals surface area (Å²) in [6.07, 6.45) is -4.41. The first kappa shape index (κ1) is 17.7. The van der Waals surface area contributed by atoms with Crippen LogP contribution in [0.4, 0.5) is 24.0 Å². The minimum absolute atomic E-state index is 0.108. The number of rotatable bonds is 4. The highest BCUT2D eigenvalue weighted by atomic mass is 32.1. The summed E-state index contributed by atoms with van der Waals surface area (Å²) in [5.74, 6) is -0.365. The van der Waals surface area contributed by atoms with E-state index in [0.717, 1.165) is 23.5 Å². The summed E-state index contributed by atoms with van der Waals surface area (Å²) in [5, 5.41) is 14.6. The van der Waals surface area contributed by atoms with E-state index in [9.17, 15) is 18.0 Å². The lowest BCUT2D eigenvalue weighted by Crippen LogP contribution is -2.21. The van der Waals surface area contributed by atoms with E-state index in [1.54, 1.807) is 18.2 Å². The zero-order valence-corrected chi connectivity index (χ0v) is 13.9. The molecule has 5 nitrogen and oxygen atoms in total. The van der Waals surface area contributed by atoms with Gasteiger partial charge in [0.05, 0.1) is 34.0 Å². The smallest absolute Gasteiger partial charge is 0.352 e. The molecule has 3 rings (SSSR count). The number of thiazole rings is 1. The normalized spacial score (nSPS) is 11.2. The fourth-order valence-electron chi connectivity index (χ4n) is 2.20. The van der Waals surface area contributed by atoms with Crippen LogP contribution >= 0.6 is 11.3 Å². The van der Waals surface area contributed by atoms with Crippen LogP contribution in [0.15, 0.2) is 42.5 Å². The number of hydrogen-bond donors (Lipinski definition) is 2. The molecule has 0 fully saturated rings. The predicted molar refractivity (Wildman–Crippen MR) is 92.9 cm³/mol. The Balaban J connectivity index is 1.65. The summed E-state index contributed by atoms with van der Waals surface area (Å²) in [5.41, 5.74) is 0.584. The van der Waals surface area contributed by atoms with Crippen LogP contribution in [0.25, 0.3) is 10.2 Å². The van der Waals surface area contributed by atoms with Gasteiger partial charge in [0.1, 0.15) is 0 Å². The van der Waals surface area contributed by atoms with Gasteiger partial charge in [-0.25, -0.2) is 4.98 Å². The molecule has 0 aliphatic rings. The Hall–Kier alpha value is -3.12. The molecule has 0 radical (unpaired) electrons. The van der Waals surface area contributed by atoms with Crippen LogP contribution in [-0.2, 0) is 11.0 Å². The van der Waals surface area contributed by atoms with Crippen LogP contribution in [0, 0.1) is 11.3 Å². The number of hydrogen-bond acceptors (Lipinski definition) is 5. The van der Waals surface area contributed by atoms with Crippen LogP contribution in [0.5, 0.6) is 0 Å². The fourth-order valence-corrected chi connectivity index (χ4v) is 3.10. The first-order valence-corrected chi connectivity index (χ1v) is 8.18. The van der Waals surface area contributed by atoms with Gasteiger partial charge in [0.25, 0.3) is 0 Å². The highest BCUT2D eigenvalue weighted by Gasteiger charge is 2.30. The van der Waals surface area contributed by atoms with Gasteiger partial charge in [0, 0.05) is 5.69 Å². The zero-order valence-electron chi connectivity index (χ0n) is 13.1. The first-order chi connectivity index (χ1) is 12.3. The molecule has 0 aliphatic heterocycles. The van der Waals surface area contributed by atoms with Crippen LogP contribution in [0.3, 0.4) is 0 Å². The average Bonchev–Trinajstić information content (AvgIpc) is 3.01. The topological polar surface area (TPSA) is 77.8 Å². The van der Waals surface area contributed by atoms with E-state index < -0.39 is 11.7 Å². The summed E-state index contributed by atoms with van der Waals surface area (Å²) in [6.45, 7) is -0.108. The highest BCUT2D eigenvalue weighted by Crippen LogP contribution is 2.34. The van der Waals surface area contributed by atoms with Crippen molar-refractivity contribution in [2.45, 2.75) is 6.18 Å². The molecule has 0 bridgehead atoms. The van der Waals surface area contributed by atoms with E-state index >= 15 is 0 Å². The van der Waals surface area contributed by atoms with E-state index in [1.165, 1.54) is 12.1 Å². The lowest BCUT2D eigenvalue weighted by molar-refractivity contribution is -0.137. The molecule has 132 valence electrons. The van der Waals surface area contributed by atoms with Crippen molar-refractivity contribution in [1.29, 1.82) is 5.26 Å². The van der Waals surface area contributed by atoms with Gasteiger partial charge in [0.2, 0.25) is 5.91 Å². The molecule has 1 heterocycles. The number of carbonyl (C=O) groups excluding carboxylic acids is 1. The minimum atomic E-state index is -4.41. The Bertz CT molecular complexity index is 1010. The maximum Gasteiger partial charge on any atom is 0.416 e. The number of benzene rings is 2. The number of halogens is 3. The van der Waals surface area contributed by atoms with E-state index in [2.05, 4.69) is 15.6 Å². The number of nitrogens with one attached hydrogen (secondary N) is 2. The number of alkyl halides is 3. The number of anilines is 2. The molecular weight excluding hydrogens is 365 g/mol. The van der Waals surface area contributed by atoms with Crippen molar-refractivity contribution in [3.8, 4) is 6.07 Å². The molecule has 0 saturated carbocycles. The van der Waals surface area contributed by atoms with Crippen LogP contribution in [0.1, 0.15) is 11.1 Å². The van der Waals surface area contributed by atoms with Crippen molar-refractivity contribution in [2.75, 3.05) is 17.2 Å². The zero-order chi connectivity index (χ0) is 18.7. The summed E-state index contributed by atoms with van der Waals surface area (Å²) < 4.78 is 38.6. The molecule has 0 spiro atoms. The van der Waals surface area contributed by atoms with Crippen molar-refractivity contribution >= 4 is 38.3 Å². The maximum absolute atomic E-state index is 12.7. The Morgan fingerprint density at radius 1 is 1.23 bits per heavy atom. The Labute approximate surface area is 150 Å². The molecule has 2 N–H and O–H groups in total. The second kappa shape index (κ2) is 7.01. The molecule has 0 unspecified atom stereocenters. The third-order valence-corrected chi connectivity index (χ3v) is 4.37. The lowest BCUT2D eigenvalue weighted by Gasteiger charge is -2.05. The number of nitriles is 1. The average molecular weight is 376 g/mol. The van der Waals surface area contributed by atoms with Gasteiger partial charge < -0.3 is 10.6 Å². The third-order valence-electron chi connectivity index (χ3n) is 3.39. The Kier molecular flexibility index (Phi) is 4.77. The second-order valence-corrected chi connectivity index (χ2v) is 6.32. The van der Waals surface area contributed by atoms with Crippen LogP contribution in [0.2, 0.25) is 0 Å². The maximum atomic E-state index is 12.7. The Morgan fingerprint density at radius 2 is 2.04 bits per heavy atom. The van der Waals surface area contributed by atoms with Crippen LogP contribution < -0.4 is 10.6 Å². The monoisotopic (exact) mass is 376 g/mol. The van der Waals surface area contributed by atoms with Gasteiger partial charge in [-0.3, -0.25) is 4.79 Å². The van der Waals surface area contributed by atoms with Crippen molar-refractivity contribution in [1.82, 2.24) is 4.98 Å². The van der Waals surface area contributed by atoms with Crippen molar-refractivity contribution in [3.05, 3.63) is 53.6 Å². The van der Waals surface area contributed by atoms with Gasteiger partial charge in [-0.2, -0.15) is 18.4 Å². The molecule has 0 saturated heterocycles. The van der Waals surface area contributed by atoms with Gasteiger partial charge in [-0.05, 0) is 36.4 Å². The molecule has 1 aromatic heterocycles. The molecule has 2 aromatic carbocycles. The minimum Gasteiger partial charge on any atom is -0.352 e. The lowest BCUT2D eigenvalue weighted by atomic mass is 10.2. The molecule has 26 heavy (non-hydrogen) atoms. The SMILES string of the molecule is N#Cc1cccc(NC(=O)CNc2nc3ccc(C(F)(F)F)cc3s2)c1. The largest absolute Gasteiger partial charge is 0.416 e. The van der Waals surface area contributed by atoms with Gasteiger partial charge in [-0.1, -0.05) is 17.4 Å². The highest BCUT2D eigenvalue weighted by molar-refractivity contribution is 7.22. The molecule has 9 heteroatoms. The van der Waals surface area contributed by atoms with Gasteiger partial charge >= 0.3 is 6.18 Å². The molecular formula is C17H11F3N4OS. The number of aromatic nitrogens is 1. The summed E-state index contributed by atoms with van der Waals surface area (Å²) in [7, 11) is 0. The van der Waals surface area contributed by atoms with E-state index in [-0.39, 0.29) is 12.5 Å². The van der Waals surface area contributed by atoms with E-state index in [4.69, 9.17) is 5.26 Å². The van der Waals surface area contributed by atoms with Gasteiger partial charge in [0.15, 0.2) is 5.13 Å². The summed E-state index contributed by atoms with van der Waals surface area (Å²) in [6, 6.07) is 11.7. The van der Waals surface area contributed by atoms with Crippen molar-refractivity contribution in [3.63, 3.8) is 0 Å². The summed E-state index contributed by atoms with van der Waals surface area (Å²) in [4.78, 5) is 16.1. The van der Waals surface area contributed by atoms with Crippen LogP contribution in [-0.4, -0.2) is 17.4 Å². The summed E-state index contributed by atoms with van der Waals surface area (Å²) >= 11 is 1.04. The third kappa shape index (κ3) is 4.10. The van der Waals surface area contributed by atoms with E-state index in [0.29, 0.717) is 26.6 Å². The van der Waals surface area contributed by atoms with E-state index in [1.807, 2.05) is 6.07 Å². The molecule has 3 aromatic rings. The van der Waals surface area contributed by atoms with Crippen molar-refractivity contribution in [2.24, 2.45) is 0 Å². The Morgan fingerprint density at radius 3 is 2.77 bits per heavy atom. The predicted octanol–water partition coefficient (Wildman–Crippen LogP) is 4.24. The molecule has 1 amide bonds. The molecule has 0 aliphatic carbocycles. The number of fused-ring (bicyclic) bond motifs is 1. The first-order valence-electron chi connectivity index (χ1n) is 7.37. The molecule has 0 atom stereocenters. The second-order valence-electron chi connectivity index (χ2n) is 5.29. The standard InChI is InChI=1S/C17H11F3N4OS/c18-17(19,20)11-4-5-13-14(7-11)26-16(24-13)22-9-15(25)23-12-3-1-2-10(6-12)8-21/h1-7H,9H2,(H,22,24)(H,23,25). The van der Waals surface area contributed by atoms with Crippen molar-refractivity contribution < 1.29 is 18.0 Å². The quantitative estimate of drug-likeness (QED) is 0.714. The number of amides is 1. The number of carbonyl (C=O) groups is 1. The van der Waals surface area contributed by atoms with Gasteiger partial charge in [-0.15, -0.1) is 0 Å². The number of nitrogens with zero attached hydrogens (tertiary/aromatic N) is 2.